The van der Waals surface area contributed by atoms with Crippen molar-refractivity contribution in [3.8, 4) is 0 Å². The van der Waals surface area contributed by atoms with E-state index in [1.165, 1.54) is 12.8 Å². The Balaban J connectivity index is 1.73. The van der Waals surface area contributed by atoms with Crippen LogP contribution in [0.5, 0.6) is 0 Å². The third-order valence-corrected chi connectivity index (χ3v) is 4.01. The highest BCUT2D eigenvalue weighted by atomic mass is 16.2. The Bertz CT molecular complexity index is 338. The number of nitrogens with zero attached hydrogens (tertiary/aromatic N) is 1. The number of hydrogen-bond donors (Lipinski definition) is 2. The molecule has 0 aromatic heterocycles. The van der Waals surface area contributed by atoms with Crippen molar-refractivity contribution in [2.45, 2.75) is 57.0 Å². The van der Waals surface area contributed by atoms with Gasteiger partial charge in [0, 0.05) is 0 Å². The number of hydrogen-bond acceptors (Lipinski definition) is 2. The molecule has 88 valence electrons. The van der Waals surface area contributed by atoms with E-state index in [-0.39, 0.29) is 11.4 Å². The van der Waals surface area contributed by atoms with E-state index in [2.05, 4.69) is 22.5 Å². The summed E-state index contributed by atoms with van der Waals surface area (Å²) in [4.78, 5) is 16.5. The first-order chi connectivity index (χ1) is 7.68. The molecule has 4 heteroatoms. The van der Waals surface area contributed by atoms with Crippen LogP contribution in [-0.2, 0) is 4.79 Å². The van der Waals surface area contributed by atoms with Crippen molar-refractivity contribution in [2.24, 2.45) is 10.9 Å². The van der Waals surface area contributed by atoms with E-state index >= 15 is 0 Å². The van der Waals surface area contributed by atoms with E-state index in [0.29, 0.717) is 6.04 Å². The zero-order valence-corrected chi connectivity index (χ0v) is 9.75. The Morgan fingerprint density at radius 2 is 1.94 bits per heavy atom. The molecule has 1 aliphatic heterocycles. The monoisotopic (exact) mass is 221 g/mol. The summed E-state index contributed by atoms with van der Waals surface area (Å²) in [5.41, 5.74) is -0.333. The van der Waals surface area contributed by atoms with Gasteiger partial charge in [-0.25, -0.2) is 4.99 Å². The lowest BCUT2D eigenvalue weighted by molar-refractivity contribution is -0.125. The lowest BCUT2D eigenvalue weighted by Crippen LogP contribution is -2.49. The average Bonchev–Trinajstić information content (AvgIpc) is 3.00. The maximum absolute atomic E-state index is 12.0. The molecule has 0 aromatic carbocycles. The molecule has 2 N–H and O–H groups in total. The van der Waals surface area contributed by atoms with Gasteiger partial charge in [-0.1, -0.05) is 6.92 Å². The van der Waals surface area contributed by atoms with Gasteiger partial charge in [0.2, 0.25) is 0 Å². The van der Waals surface area contributed by atoms with Crippen LogP contribution < -0.4 is 10.6 Å². The molecule has 1 saturated heterocycles. The number of carbonyl (C=O) groups excluding carboxylic acids is 1. The molecule has 1 spiro atoms. The van der Waals surface area contributed by atoms with Gasteiger partial charge in [0.15, 0.2) is 5.96 Å². The second kappa shape index (κ2) is 3.47. The van der Waals surface area contributed by atoms with Gasteiger partial charge in [-0.05, 0) is 44.4 Å². The summed E-state index contributed by atoms with van der Waals surface area (Å²) >= 11 is 0. The highest BCUT2D eigenvalue weighted by Crippen LogP contribution is 2.34. The molecule has 3 aliphatic rings. The van der Waals surface area contributed by atoms with Crippen LogP contribution in [0.1, 0.15) is 45.4 Å². The standard InChI is InChI=1S/C12H19N3O/c1-8-4-6-12(7-5-8)10(16)14-11(15-12)13-9-2-3-9/h8-9H,2-7H2,1H3,(H2,13,14,15,16). The molecule has 0 atom stereocenters. The van der Waals surface area contributed by atoms with Crippen LogP contribution in [0.15, 0.2) is 4.99 Å². The van der Waals surface area contributed by atoms with E-state index in [9.17, 15) is 4.79 Å². The molecular weight excluding hydrogens is 202 g/mol. The van der Waals surface area contributed by atoms with E-state index in [1.54, 1.807) is 0 Å². The molecule has 1 amide bonds. The largest absolute Gasteiger partial charge is 0.342 e. The first-order valence-corrected chi connectivity index (χ1v) is 6.35. The molecule has 0 bridgehead atoms. The van der Waals surface area contributed by atoms with Crippen LogP contribution in [0.2, 0.25) is 0 Å². The molecule has 16 heavy (non-hydrogen) atoms. The van der Waals surface area contributed by atoms with Gasteiger partial charge in [0.1, 0.15) is 5.54 Å². The fourth-order valence-electron chi connectivity index (χ4n) is 2.60. The van der Waals surface area contributed by atoms with Crippen molar-refractivity contribution >= 4 is 11.9 Å². The molecule has 0 radical (unpaired) electrons. The SMILES string of the molecule is CC1CCC2(CC1)NC(=NC1CC1)NC2=O. The number of aliphatic imine (C=N–C) groups is 1. The van der Waals surface area contributed by atoms with Crippen molar-refractivity contribution < 1.29 is 4.79 Å². The van der Waals surface area contributed by atoms with Crippen LogP contribution in [-0.4, -0.2) is 23.4 Å². The van der Waals surface area contributed by atoms with Crippen molar-refractivity contribution in [2.75, 3.05) is 0 Å². The summed E-state index contributed by atoms with van der Waals surface area (Å²) in [6.45, 7) is 2.26. The van der Waals surface area contributed by atoms with Crippen LogP contribution >= 0.6 is 0 Å². The molecule has 0 unspecified atom stereocenters. The summed E-state index contributed by atoms with van der Waals surface area (Å²) in [7, 11) is 0. The molecule has 2 saturated carbocycles. The van der Waals surface area contributed by atoms with Crippen molar-refractivity contribution in [3.05, 3.63) is 0 Å². The number of nitrogens with one attached hydrogen (secondary N) is 2. The second-order valence-electron chi connectivity index (χ2n) is 5.55. The van der Waals surface area contributed by atoms with Crippen LogP contribution in [0.3, 0.4) is 0 Å². The maximum atomic E-state index is 12.0. The highest BCUT2D eigenvalue weighted by molar-refractivity contribution is 6.09. The van der Waals surface area contributed by atoms with Crippen molar-refractivity contribution in [1.29, 1.82) is 0 Å². The highest BCUT2D eigenvalue weighted by Gasteiger charge is 2.46. The number of amides is 1. The van der Waals surface area contributed by atoms with Gasteiger partial charge in [-0.3, -0.25) is 10.1 Å². The fourth-order valence-corrected chi connectivity index (χ4v) is 2.60. The van der Waals surface area contributed by atoms with Crippen LogP contribution in [0.4, 0.5) is 0 Å². The van der Waals surface area contributed by atoms with Crippen molar-refractivity contribution in [3.63, 3.8) is 0 Å². The van der Waals surface area contributed by atoms with Gasteiger partial charge >= 0.3 is 0 Å². The smallest absolute Gasteiger partial charge is 0.252 e. The molecule has 3 rings (SSSR count). The summed E-state index contributed by atoms with van der Waals surface area (Å²) < 4.78 is 0. The molecule has 1 heterocycles. The lowest BCUT2D eigenvalue weighted by Gasteiger charge is -2.33. The minimum absolute atomic E-state index is 0.138. The van der Waals surface area contributed by atoms with Gasteiger partial charge in [0.05, 0.1) is 6.04 Å². The van der Waals surface area contributed by atoms with Gasteiger partial charge in [-0.2, -0.15) is 0 Å². The van der Waals surface area contributed by atoms with E-state index < -0.39 is 0 Å². The van der Waals surface area contributed by atoms with Crippen molar-refractivity contribution in [1.82, 2.24) is 10.6 Å². The maximum Gasteiger partial charge on any atom is 0.252 e. The van der Waals surface area contributed by atoms with E-state index in [0.717, 1.165) is 37.6 Å². The second-order valence-corrected chi connectivity index (χ2v) is 5.55. The lowest BCUT2D eigenvalue weighted by atomic mass is 9.77. The third kappa shape index (κ3) is 1.70. The first kappa shape index (κ1) is 10.1. The Morgan fingerprint density at radius 3 is 2.56 bits per heavy atom. The van der Waals surface area contributed by atoms with Gasteiger partial charge in [-0.15, -0.1) is 0 Å². The molecule has 4 nitrogen and oxygen atoms in total. The van der Waals surface area contributed by atoms with Gasteiger partial charge in [0.25, 0.3) is 5.91 Å². The van der Waals surface area contributed by atoms with Crippen LogP contribution in [0, 0.1) is 5.92 Å². The molecule has 0 aromatic rings. The third-order valence-electron chi connectivity index (χ3n) is 4.01. The van der Waals surface area contributed by atoms with E-state index in [4.69, 9.17) is 0 Å². The minimum atomic E-state index is -0.333. The predicted octanol–water partition coefficient (Wildman–Crippen LogP) is 1.17. The summed E-state index contributed by atoms with van der Waals surface area (Å²) in [5.74, 6) is 1.62. The number of guanidine groups is 1. The van der Waals surface area contributed by atoms with Gasteiger partial charge < -0.3 is 5.32 Å². The molecule has 2 aliphatic carbocycles. The summed E-state index contributed by atoms with van der Waals surface area (Å²) in [6, 6.07) is 0.459. The Kier molecular flexibility index (Phi) is 2.19. The topological polar surface area (TPSA) is 53.5 Å². The predicted molar refractivity (Wildman–Crippen MR) is 62.1 cm³/mol. The Labute approximate surface area is 95.9 Å². The van der Waals surface area contributed by atoms with E-state index in [1.807, 2.05) is 0 Å². The number of rotatable bonds is 1. The summed E-state index contributed by atoms with van der Waals surface area (Å²) in [5, 5.41) is 6.24. The summed E-state index contributed by atoms with van der Waals surface area (Å²) in [6.07, 6.45) is 6.51. The zero-order chi connectivity index (χ0) is 11.2. The quantitative estimate of drug-likeness (QED) is 0.698. The molecule has 3 fully saturated rings. The number of carbonyl (C=O) groups is 1. The molecular formula is C12H19N3O. The first-order valence-electron chi connectivity index (χ1n) is 6.35. The fraction of sp³-hybridized carbons (Fsp3) is 0.833. The average molecular weight is 221 g/mol. The Hall–Kier alpha value is -1.06. The normalized spacial score (nSPS) is 41.2. The Morgan fingerprint density at radius 1 is 1.25 bits per heavy atom. The van der Waals surface area contributed by atoms with Crippen LogP contribution in [0.25, 0.3) is 0 Å². The zero-order valence-electron chi connectivity index (χ0n) is 9.75. The minimum Gasteiger partial charge on any atom is -0.342 e.